The molecule has 2 rings (SSSR count). The van der Waals surface area contributed by atoms with E-state index >= 15 is 0 Å². The lowest BCUT2D eigenvalue weighted by atomic mass is 10.3. The molecule has 10 heteroatoms. The predicted octanol–water partition coefficient (Wildman–Crippen LogP) is 5.18. The first-order chi connectivity index (χ1) is 10.4. The van der Waals surface area contributed by atoms with Gasteiger partial charge in [-0.15, -0.1) is 5.23 Å². The van der Waals surface area contributed by atoms with Crippen molar-refractivity contribution in [3.8, 4) is 0 Å². The van der Waals surface area contributed by atoms with E-state index in [1.54, 1.807) is 12.1 Å². The summed E-state index contributed by atoms with van der Waals surface area (Å²) in [6.45, 7) is 0. The van der Waals surface area contributed by atoms with Crippen molar-refractivity contribution in [1.29, 1.82) is 0 Å². The summed E-state index contributed by atoms with van der Waals surface area (Å²) in [5.41, 5.74) is 0.0560. The van der Waals surface area contributed by atoms with Crippen molar-refractivity contribution >= 4 is 56.2 Å². The summed E-state index contributed by atoms with van der Waals surface area (Å²) in [7, 11) is 2.59. The molecule has 0 heterocycles. The fourth-order valence-electron chi connectivity index (χ4n) is 1.44. The molecule has 0 amide bonds. The molecule has 6 nitrogen and oxygen atoms in total. The molecular weight excluding hydrogens is 371 g/mol. The van der Waals surface area contributed by atoms with Crippen molar-refractivity contribution in [2.24, 2.45) is 0 Å². The van der Waals surface area contributed by atoms with E-state index in [1.807, 2.05) is 0 Å². The van der Waals surface area contributed by atoms with Crippen LogP contribution in [0, 0.1) is 10.4 Å². The van der Waals surface area contributed by atoms with Crippen molar-refractivity contribution in [2.45, 2.75) is 9.79 Å². The molecule has 0 bridgehead atoms. The molecule has 0 saturated heterocycles. The Morgan fingerprint density at radius 2 is 1.27 bits per heavy atom. The highest BCUT2D eigenvalue weighted by Gasteiger charge is 2.08. The lowest BCUT2D eigenvalue weighted by Gasteiger charge is -2.37. The summed E-state index contributed by atoms with van der Waals surface area (Å²) in [5, 5.41) is 39.2. The average molecular weight is 379 g/mol. The van der Waals surface area contributed by atoms with Gasteiger partial charge < -0.3 is 15.6 Å². The van der Waals surface area contributed by atoms with E-state index < -0.39 is 5.23 Å². The molecule has 0 aliphatic carbocycles. The minimum atomic E-state index is -0.515. The zero-order chi connectivity index (χ0) is 16.3. The third kappa shape index (κ3) is 4.34. The van der Waals surface area contributed by atoms with Gasteiger partial charge in [0.2, 0.25) is 0 Å². The zero-order valence-corrected chi connectivity index (χ0v) is 13.8. The van der Waals surface area contributed by atoms with Crippen LogP contribution >= 0.6 is 44.8 Å². The molecule has 0 spiro atoms. The first kappa shape index (κ1) is 17.5. The highest BCUT2D eigenvalue weighted by atomic mass is 35.5. The third-order valence-electron chi connectivity index (χ3n) is 2.49. The van der Waals surface area contributed by atoms with Gasteiger partial charge in [0.25, 0.3) is 0 Å². The zero-order valence-electron chi connectivity index (χ0n) is 10.6. The van der Waals surface area contributed by atoms with Crippen LogP contribution in [0.3, 0.4) is 0 Å². The number of hydrogen-bond donors (Lipinski definition) is 2. The van der Waals surface area contributed by atoms with Crippen molar-refractivity contribution in [3.63, 3.8) is 0 Å². The molecule has 0 fully saturated rings. The lowest BCUT2D eigenvalue weighted by molar-refractivity contribution is 0.0291. The van der Waals surface area contributed by atoms with E-state index in [9.17, 15) is 10.4 Å². The molecule has 118 valence electrons. The Labute approximate surface area is 143 Å². The van der Waals surface area contributed by atoms with Crippen LogP contribution in [-0.2, 0) is 0 Å². The Bertz CT molecular complexity index is 616. The highest BCUT2D eigenvalue weighted by Crippen LogP contribution is 2.44. The first-order valence-corrected chi connectivity index (χ1v) is 8.55. The molecule has 2 aromatic carbocycles. The van der Waals surface area contributed by atoms with Crippen LogP contribution in [0.1, 0.15) is 0 Å². The van der Waals surface area contributed by atoms with E-state index in [1.165, 1.54) is 45.9 Å². The summed E-state index contributed by atoms with van der Waals surface area (Å²) in [6.07, 6.45) is 0. The molecule has 0 unspecified atom stereocenters. The van der Waals surface area contributed by atoms with Crippen LogP contribution in [0.15, 0.2) is 46.2 Å². The maximum Gasteiger partial charge on any atom is 0.0958 e. The molecular formula is C12H8Cl2N2O4S2-2. The van der Waals surface area contributed by atoms with Crippen LogP contribution in [-0.4, -0.2) is 10.4 Å². The number of anilines is 2. The Kier molecular flexibility index (Phi) is 6.07. The first-order valence-electron chi connectivity index (χ1n) is 5.64. The summed E-state index contributed by atoms with van der Waals surface area (Å²) >= 11 is 12.0. The SMILES string of the molecule is [O-]N([O-])c1ccc(SSc2ccc(N(O)O)cc2Cl)c(Cl)c1. The van der Waals surface area contributed by atoms with Gasteiger partial charge in [0.05, 0.1) is 15.7 Å². The Morgan fingerprint density at radius 1 is 0.818 bits per heavy atom. The van der Waals surface area contributed by atoms with Crippen LogP contribution in [0.5, 0.6) is 0 Å². The molecule has 0 atom stereocenters. The third-order valence-corrected chi connectivity index (χ3v) is 5.83. The molecule has 2 N–H and O–H groups in total. The fourth-order valence-corrected chi connectivity index (χ4v) is 4.41. The van der Waals surface area contributed by atoms with Gasteiger partial charge in [0.15, 0.2) is 0 Å². The van der Waals surface area contributed by atoms with Gasteiger partial charge in [-0.1, -0.05) is 44.8 Å². The van der Waals surface area contributed by atoms with E-state index in [0.29, 0.717) is 14.8 Å². The van der Waals surface area contributed by atoms with E-state index in [0.717, 1.165) is 0 Å². The number of benzene rings is 2. The van der Waals surface area contributed by atoms with Gasteiger partial charge in [-0.3, -0.25) is 10.4 Å². The summed E-state index contributed by atoms with van der Waals surface area (Å²) in [6, 6.07) is 8.70. The molecule has 0 aliphatic heterocycles. The van der Waals surface area contributed by atoms with Crippen molar-refractivity contribution in [3.05, 3.63) is 56.9 Å². The summed E-state index contributed by atoms with van der Waals surface area (Å²) < 4.78 is 0. The Morgan fingerprint density at radius 3 is 1.68 bits per heavy atom. The molecule has 0 radical (unpaired) electrons. The fraction of sp³-hybridized carbons (Fsp3) is 0. The van der Waals surface area contributed by atoms with Crippen LogP contribution in [0.4, 0.5) is 11.4 Å². The quantitative estimate of drug-likeness (QED) is 0.542. The molecule has 0 aromatic heterocycles. The number of rotatable bonds is 5. The second kappa shape index (κ2) is 7.62. The van der Waals surface area contributed by atoms with Gasteiger partial charge >= 0.3 is 0 Å². The van der Waals surface area contributed by atoms with Crippen LogP contribution < -0.4 is 10.5 Å². The average Bonchev–Trinajstić information content (AvgIpc) is 2.46. The lowest BCUT2D eigenvalue weighted by Crippen LogP contribution is -2.10. The normalized spacial score (nSPS) is 10.6. The standard InChI is InChI=1S/C12H8Cl2N2O4S2/c13-9-5-7(15(17)18)1-3-11(9)21-22-12-4-2-8(16(19)20)6-10(12)14/h1-6,17-18H/q-2. The second-order valence-electron chi connectivity index (χ2n) is 3.94. The van der Waals surface area contributed by atoms with Crippen molar-refractivity contribution in [2.75, 3.05) is 10.5 Å². The monoisotopic (exact) mass is 378 g/mol. The summed E-state index contributed by atoms with van der Waals surface area (Å²) in [4.78, 5) is 1.34. The van der Waals surface area contributed by atoms with Crippen LogP contribution in [0.2, 0.25) is 10.0 Å². The topological polar surface area (TPSA) is 93.1 Å². The minimum Gasteiger partial charge on any atom is -0.769 e. The number of nitrogens with zero attached hydrogens (tertiary/aromatic N) is 2. The van der Waals surface area contributed by atoms with Crippen molar-refractivity contribution in [1.82, 2.24) is 0 Å². The van der Waals surface area contributed by atoms with E-state index in [4.69, 9.17) is 33.6 Å². The van der Waals surface area contributed by atoms with Gasteiger partial charge in [-0.25, -0.2) is 0 Å². The highest BCUT2D eigenvalue weighted by molar-refractivity contribution is 8.76. The maximum absolute atomic E-state index is 10.6. The minimum absolute atomic E-state index is 0.0271. The molecule has 0 saturated carbocycles. The predicted molar refractivity (Wildman–Crippen MR) is 89.9 cm³/mol. The number of hydrogen-bond acceptors (Lipinski definition) is 8. The van der Waals surface area contributed by atoms with Crippen molar-refractivity contribution < 1.29 is 10.4 Å². The van der Waals surface area contributed by atoms with Gasteiger partial charge in [-0.2, -0.15) is 0 Å². The maximum atomic E-state index is 10.6. The summed E-state index contributed by atoms with van der Waals surface area (Å²) in [5.74, 6) is 0. The van der Waals surface area contributed by atoms with Crippen LogP contribution in [0.25, 0.3) is 0 Å². The largest absolute Gasteiger partial charge is 0.769 e. The van der Waals surface area contributed by atoms with Gasteiger partial charge in [0, 0.05) is 15.5 Å². The Hall–Kier alpha value is -0.840. The van der Waals surface area contributed by atoms with E-state index in [-0.39, 0.29) is 21.6 Å². The smallest absolute Gasteiger partial charge is 0.0958 e. The van der Waals surface area contributed by atoms with E-state index in [2.05, 4.69) is 0 Å². The molecule has 22 heavy (non-hydrogen) atoms. The van der Waals surface area contributed by atoms with Gasteiger partial charge in [0.1, 0.15) is 0 Å². The number of halogens is 2. The van der Waals surface area contributed by atoms with Gasteiger partial charge in [-0.05, 0) is 36.4 Å². The second-order valence-corrected chi connectivity index (χ2v) is 6.97. The molecule has 0 aliphatic rings. The molecule has 2 aromatic rings. The Balaban J connectivity index is 2.10.